The predicted octanol–water partition coefficient (Wildman–Crippen LogP) is 5.20. The second-order valence-corrected chi connectivity index (χ2v) is 10.5. The van der Waals surface area contributed by atoms with Gasteiger partial charge in [-0.15, -0.1) is 0 Å². The molecule has 2 aliphatic rings. The van der Waals surface area contributed by atoms with E-state index in [1.54, 1.807) is 0 Å². The Bertz CT molecular complexity index is 971. The Morgan fingerprint density at radius 1 is 1.06 bits per heavy atom. The molecule has 0 aliphatic heterocycles. The maximum absolute atomic E-state index is 5.57. The average molecular weight is 518 g/mol. The quantitative estimate of drug-likeness (QED) is 0.471. The van der Waals surface area contributed by atoms with Crippen LogP contribution in [-0.2, 0) is 12.8 Å². The molecule has 1 aromatic heterocycles. The van der Waals surface area contributed by atoms with Gasteiger partial charge in [0.2, 0.25) is 5.95 Å². The fourth-order valence-electron chi connectivity index (χ4n) is 4.68. The van der Waals surface area contributed by atoms with E-state index in [0.717, 1.165) is 60.5 Å². The van der Waals surface area contributed by atoms with Crippen molar-refractivity contribution in [2.75, 3.05) is 29.6 Å². The van der Waals surface area contributed by atoms with Gasteiger partial charge >= 0.3 is 0 Å². The standard InChI is InChI=1S/C24H33BrN6S/c1-15-14-16(25)8-13-20(15)29-24(32)27-18-11-9-17(10-12-18)26-23-28-21-7-5-4-6-19(21)22(30-23)31(2)3/h8,13-14,17-18H,4-7,9-12H2,1-3H3,(H,26,28,30)(H2,27,29,32)/t17-,18+. The molecule has 0 saturated heterocycles. The minimum atomic E-state index is 0.394. The second kappa shape index (κ2) is 10.3. The topological polar surface area (TPSA) is 65.1 Å². The highest BCUT2D eigenvalue weighted by Gasteiger charge is 2.24. The molecular weight excluding hydrogens is 484 g/mol. The zero-order valence-electron chi connectivity index (χ0n) is 19.2. The van der Waals surface area contributed by atoms with Gasteiger partial charge in [-0.2, -0.15) is 4.98 Å². The van der Waals surface area contributed by atoms with Crippen LogP contribution in [-0.4, -0.2) is 41.3 Å². The number of hydrogen-bond acceptors (Lipinski definition) is 5. The van der Waals surface area contributed by atoms with Crippen molar-refractivity contribution in [3.05, 3.63) is 39.5 Å². The lowest BCUT2D eigenvalue weighted by Gasteiger charge is -2.31. The molecule has 172 valence electrons. The van der Waals surface area contributed by atoms with Gasteiger partial charge in [0.1, 0.15) is 5.82 Å². The normalized spacial score (nSPS) is 20.2. The molecule has 1 saturated carbocycles. The number of benzene rings is 1. The van der Waals surface area contributed by atoms with Gasteiger partial charge in [0.05, 0.1) is 5.69 Å². The van der Waals surface area contributed by atoms with Gasteiger partial charge in [-0.1, -0.05) is 15.9 Å². The van der Waals surface area contributed by atoms with Crippen molar-refractivity contribution < 1.29 is 0 Å². The van der Waals surface area contributed by atoms with E-state index in [1.165, 1.54) is 29.7 Å². The molecule has 1 aromatic carbocycles. The second-order valence-electron chi connectivity index (χ2n) is 9.15. The number of thiocarbonyl (C=S) groups is 1. The number of halogens is 1. The third kappa shape index (κ3) is 5.70. The monoisotopic (exact) mass is 516 g/mol. The maximum atomic E-state index is 5.57. The van der Waals surface area contributed by atoms with Crippen LogP contribution in [0.5, 0.6) is 0 Å². The fourth-order valence-corrected chi connectivity index (χ4v) is 5.44. The van der Waals surface area contributed by atoms with E-state index in [4.69, 9.17) is 22.2 Å². The van der Waals surface area contributed by atoms with Crippen LogP contribution in [0.4, 0.5) is 17.5 Å². The van der Waals surface area contributed by atoms with Crippen molar-refractivity contribution in [3.63, 3.8) is 0 Å². The summed E-state index contributed by atoms with van der Waals surface area (Å²) in [5, 5.41) is 11.2. The summed E-state index contributed by atoms with van der Waals surface area (Å²) in [4.78, 5) is 11.9. The molecule has 3 N–H and O–H groups in total. The molecule has 4 rings (SSSR count). The van der Waals surface area contributed by atoms with Crippen molar-refractivity contribution in [2.45, 2.75) is 70.4 Å². The summed E-state index contributed by atoms with van der Waals surface area (Å²) in [6, 6.07) is 6.96. The molecular formula is C24H33BrN6S. The van der Waals surface area contributed by atoms with Crippen LogP contribution in [0.2, 0.25) is 0 Å². The largest absolute Gasteiger partial charge is 0.362 e. The van der Waals surface area contributed by atoms with E-state index in [0.29, 0.717) is 17.2 Å². The van der Waals surface area contributed by atoms with Gasteiger partial charge < -0.3 is 20.9 Å². The number of aryl methyl sites for hydroxylation is 2. The van der Waals surface area contributed by atoms with Gasteiger partial charge in [0.25, 0.3) is 0 Å². The number of nitrogens with one attached hydrogen (secondary N) is 3. The first-order valence-electron chi connectivity index (χ1n) is 11.6. The van der Waals surface area contributed by atoms with Gasteiger partial charge in [-0.25, -0.2) is 4.98 Å². The molecule has 2 aliphatic carbocycles. The lowest BCUT2D eigenvalue weighted by Crippen LogP contribution is -2.42. The lowest BCUT2D eigenvalue weighted by atomic mass is 9.91. The minimum Gasteiger partial charge on any atom is -0.362 e. The molecule has 32 heavy (non-hydrogen) atoms. The number of fused-ring (bicyclic) bond motifs is 1. The highest BCUT2D eigenvalue weighted by Crippen LogP contribution is 2.29. The zero-order valence-corrected chi connectivity index (χ0v) is 21.6. The first kappa shape index (κ1) is 23.2. The SMILES string of the molecule is Cc1cc(Br)ccc1NC(=S)N[C@H]1CC[C@@H](Nc2nc3c(c(N(C)C)n2)CCCC3)CC1. The van der Waals surface area contributed by atoms with E-state index < -0.39 is 0 Å². The van der Waals surface area contributed by atoms with Crippen LogP contribution in [0, 0.1) is 6.92 Å². The molecule has 0 radical (unpaired) electrons. The van der Waals surface area contributed by atoms with E-state index in [1.807, 2.05) is 6.07 Å². The summed E-state index contributed by atoms with van der Waals surface area (Å²) >= 11 is 9.07. The van der Waals surface area contributed by atoms with Gasteiger partial charge in [-0.3, -0.25) is 0 Å². The third-order valence-electron chi connectivity index (χ3n) is 6.42. The Hall–Kier alpha value is -1.93. The Kier molecular flexibility index (Phi) is 7.51. The van der Waals surface area contributed by atoms with E-state index >= 15 is 0 Å². The maximum Gasteiger partial charge on any atom is 0.225 e. The van der Waals surface area contributed by atoms with Crippen LogP contribution in [0.15, 0.2) is 22.7 Å². The number of rotatable bonds is 5. The molecule has 0 unspecified atom stereocenters. The van der Waals surface area contributed by atoms with Crippen LogP contribution in [0.1, 0.15) is 55.3 Å². The van der Waals surface area contributed by atoms with Crippen molar-refractivity contribution in [1.29, 1.82) is 0 Å². The smallest absolute Gasteiger partial charge is 0.225 e. The number of hydrogen-bond donors (Lipinski definition) is 3. The molecule has 1 fully saturated rings. The van der Waals surface area contributed by atoms with Crippen molar-refractivity contribution in [1.82, 2.24) is 15.3 Å². The Morgan fingerprint density at radius 2 is 1.78 bits per heavy atom. The number of anilines is 3. The zero-order chi connectivity index (χ0) is 22.7. The highest BCUT2D eigenvalue weighted by molar-refractivity contribution is 9.10. The van der Waals surface area contributed by atoms with Crippen LogP contribution >= 0.6 is 28.1 Å². The minimum absolute atomic E-state index is 0.394. The first-order chi connectivity index (χ1) is 15.4. The summed E-state index contributed by atoms with van der Waals surface area (Å²) in [5.41, 5.74) is 4.77. The van der Waals surface area contributed by atoms with Crippen LogP contribution < -0.4 is 20.9 Å². The van der Waals surface area contributed by atoms with Crippen molar-refractivity contribution in [3.8, 4) is 0 Å². The molecule has 6 nitrogen and oxygen atoms in total. The molecule has 8 heteroatoms. The molecule has 0 amide bonds. The summed E-state index contributed by atoms with van der Waals surface area (Å²) in [6.45, 7) is 2.08. The van der Waals surface area contributed by atoms with Gasteiger partial charge in [0, 0.05) is 41.9 Å². The number of nitrogens with zero attached hydrogens (tertiary/aromatic N) is 3. The summed E-state index contributed by atoms with van der Waals surface area (Å²) in [6.07, 6.45) is 8.92. The summed E-state index contributed by atoms with van der Waals surface area (Å²) < 4.78 is 1.07. The average Bonchev–Trinajstić information content (AvgIpc) is 2.76. The van der Waals surface area contributed by atoms with Crippen molar-refractivity contribution in [2.24, 2.45) is 0 Å². The summed E-state index contributed by atoms with van der Waals surface area (Å²) in [7, 11) is 4.15. The molecule has 0 spiro atoms. The number of aromatic nitrogens is 2. The van der Waals surface area contributed by atoms with E-state index in [9.17, 15) is 0 Å². The molecule has 0 atom stereocenters. The Morgan fingerprint density at radius 3 is 2.50 bits per heavy atom. The predicted molar refractivity (Wildman–Crippen MR) is 141 cm³/mol. The molecule has 0 bridgehead atoms. The van der Waals surface area contributed by atoms with Crippen molar-refractivity contribution >= 4 is 50.7 Å². The van der Waals surface area contributed by atoms with Crippen LogP contribution in [0.25, 0.3) is 0 Å². The first-order valence-corrected chi connectivity index (χ1v) is 12.8. The lowest BCUT2D eigenvalue weighted by molar-refractivity contribution is 0.387. The Labute approximate surface area is 205 Å². The highest BCUT2D eigenvalue weighted by atomic mass is 79.9. The third-order valence-corrected chi connectivity index (χ3v) is 7.13. The van der Waals surface area contributed by atoms with E-state index in [-0.39, 0.29) is 0 Å². The van der Waals surface area contributed by atoms with Gasteiger partial charge in [0.15, 0.2) is 5.11 Å². The fraction of sp³-hybridized carbons (Fsp3) is 0.542. The van der Waals surface area contributed by atoms with Gasteiger partial charge in [-0.05, 0) is 94.3 Å². The Balaban J connectivity index is 1.30. The summed E-state index contributed by atoms with van der Waals surface area (Å²) in [5.74, 6) is 1.86. The van der Waals surface area contributed by atoms with E-state index in [2.05, 4.69) is 69.9 Å². The molecule has 1 heterocycles. The molecule has 2 aromatic rings. The van der Waals surface area contributed by atoms with Crippen LogP contribution in [0.3, 0.4) is 0 Å².